The number of hydrogen-bond donors (Lipinski definition) is 1. The first kappa shape index (κ1) is 16.1. The number of fused-ring (bicyclic) bond motifs is 1. The fraction of sp³-hybridized carbons (Fsp3) is 0.556. The fourth-order valence-electron chi connectivity index (χ4n) is 3.37. The molecule has 1 atom stereocenters. The van der Waals surface area contributed by atoms with Crippen molar-refractivity contribution in [3.63, 3.8) is 0 Å². The van der Waals surface area contributed by atoms with Gasteiger partial charge in [-0.3, -0.25) is 9.59 Å². The monoisotopic (exact) mass is 341 g/mol. The van der Waals surface area contributed by atoms with Gasteiger partial charge in [0, 0.05) is 31.5 Å². The first-order valence-electron chi connectivity index (χ1n) is 9.00. The minimum Gasteiger partial charge on any atom is -0.356 e. The van der Waals surface area contributed by atoms with Crippen LogP contribution < -0.4 is 5.32 Å². The van der Waals surface area contributed by atoms with Crippen LogP contribution >= 0.6 is 0 Å². The van der Waals surface area contributed by atoms with Crippen LogP contribution in [0.2, 0.25) is 0 Å². The molecular formula is C18H23N5O2. The maximum absolute atomic E-state index is 12.9. The normalized spacial score (nSPS) is 20.7. The molecular weight excluding hydrogens is 318 g/mol. The number of carbonyl (C=O) groups excluding carboxylic acids is 2. The molecule has 4 rings (SSSR count). The maximum Gasteiger partial charge on any atom is 0.259 e. The Labute approximate surface area is 146 Å². The third kappa shape index (κ3) is 3.36. The van der Waals surface area contributed by atoms with E-state index in [1.165, 1.54) is 12.8 Å². The van der Waals surface area contributed by atoms with Crippen molar-refractivity contribution in [3.05, 3.63) is 29.7 Å². The number of aromatic nitrogens is 3. The molecule has 1 N–H and O–H groups in total. The number of nitrogens with zero attached hydrogens (tertiary/aromatic N) is 4. The first-order chi connectivity index (χ1) is 12.1. The van der Waals surface area contributed by atoms with Crippen molar-refractivity contribution < 1.29 is 9.59 Å². The highest BCUT2D eigenvalue weighted by molar-refractivity contribution is 6.00. The molecule has 2 aliphatic rings. The number of rotatable bonds is 4. The largest absolute Gasteiger partial charge is 0.356 e. The average Bonchev–Trinajstić information content (AvgIpc) is 3.37. The summed E-state index contributed by atoms with van der Waals surface area (Å²) in [5.41, 5.74) is 1.92. The van der Waals surface area contributed by atoms with Crippen molar-refractivity contribution in [2.45, 2.75) is 32.6 Å². The van der Waals surface area contributed by atoms with Gasteiger partial charge in [-0.1, -0.05) is 0 Å². The number of carbonyl (C=O) groups is 2. The Morgan fingerprint density at radius 1 is 1.32 bits per heavy atom. The van der Waals surface area contributed by atoms with Gasteiger partial charge in [-0.2, -0.15) is 5.10 Å². The fourth-order valence-corrected chi connectivity index (χ4v) is 3.37. The average molecular weight is 341 g/mol. The van der Waals surface area contributed by atoms with Crippen LogP contribution in [0.1, 0.15) is 41.7 Å². The summed E-state index contributed by atoms with van der Waals surface area (Å²) in [4.78, 5) is 31.5. The Balaban J connectivity index is 1.47. The third-order valence-corrected chi connectivity index (χ3v) is 5.08. The number of amides is 2. The van der Waals surface area contributed by atoms with Crippen molar-refractivity contribution in [1.29, 1.82) is 0 Å². The summed E-state index contributed by atoms with van der Waals surface area (Å²) >= 11 is 0. The quantitative estimate of drug-likeness (QED) is 0.912. The predicted octanol–water partition coefficient (Wildman–Crippen LogP) is 1.42. The summed E-state index contributed by atoms with van der Waals surface area (Å²) in [7, 11) is 0. The van der Waals surface area contributed by atoms with E-state index in [2.05, 4.69) is 15.4 Å². The number of likely N-dealkylation sites (tertiary alicyclic amines) is 1. The summed E-state index contributed by atoms with van der Waals surface area (Å²) in [5.74, 6) is 0.539. The lowest BCUT2D eigenvalue weighted by molar-refractivity contribution is -0.126. The lowest BCUT2D eigenvalue weighted by atomic mass is 9.96. The van der Waals surface area contributed by atoms with Crippen LogP contribution in [-0.4, -0.2) is 50.9 Å². The van der Waals surface area contributed by atoms with Gasteiger partial charge in [0.1, 0.15) is 5.56 Å². The molecule has 1 unspecified atom stereocenters. The van der Waals surface area contributed by atoms with Crippen LogP contribution in [-0.2, 0) is 4.79 Å². The van der Waals surface area contributed by atoms with Gasteiger partial charge in [0.2, 0.25) is 5.91 Å². The molecule has 132 valence electrons. The highest BCUT2D eigenvalue weighted by atomic mass is 16.2. The van der Waals surface area contributed by atoms with Gasteiger partial charge in [0.05, 0.1) is 12.1 Å². The van der Waals surface area contributed by atoms with E-state index in [1.54, 1.807) is 21.8 Å². The van der Waals surface area contributed by atoms with E-state index in [0.29, 0.717) is 30.2 Å². The zero-order chi connectivity index (χ0) is 17.4. The first-order valence-corrected chi connectivity index (χ1v) is 9.00. The van der Waals surface area contributed by atoms with E-state index in [4.69, 9.17) is 0 Å². The molecule has 1 saturated heterocycles. The molecule has 7 nitrogen and oxygen atoms in total. The zero-order valence-corrected chi connectivity index (χ0v) is 14.4. The Bertz CT molecular complexity index is 811. The molecule has 0 aromatic carbocycles. The molecule has 2 amide bonds. The Morgan fingerprint density at radius 2 is 2.16 bits per heavy atom. The van der Waals surface area contributed by atoms with Gasteiger partial charge < -0.3 is 10.2 Å². The molecule has 0 spiro atoms. The summed E-state index contributed by atoms with van der Waals surface area (Å²) in [6.07, 6.45) is 7.50. The highest BCUT2D eigenvalue weighted by Crippen LogP contribution is 2.28. The van der Waals surface area contributed by atoms with Crippen LogP contribution in [0.5, 0.6) is 0 Å². The molecule has 1 aliphatic heterocycles. The topological polar surface area (TPSA) is 79.6 Å². The van der Waals surface area contributed by atoms with Crippen LogP contribution in [0.15, 0.2) is 18.5 Å². The standard InChI is InChI=1S/C18H23N5O2/c1-12-6-8-23-16(21-12)15(10-20-23)18(25)22-7-2-3-14(11-22)17(24)19-9-13-4-5-13/h6,8,10,13-14H,2-5,7,9,11H2,1H3,(H,19,24). The molecule has 7 heteroatoms. The number of hydrogen-bond acceptors (Lipinski definition) is 4. The molecule has 1 aliphatic carbocycles. The van der Waals surface area contributed by atoms with Crippen molar-refractivity contribution >= 4 is 17.5 Å². The van der Waals surface area contributed by atoms with Crippen LogP contribution in [0.4, 0.5) is 0 Å². The zero-order valence-electron chi connectivity index (χ0n) is 14.4. The van der Waals surface area contributed by atoms with E-state index < -0.39 is 0 Å². The third-order valence-electron chi connectivity index (χ3n) is 5.08. The van der Waals surface area contributed by atoms with E-state index in [-0.39, 0.29) is 17.7 Å². The molecule has 2 aromatic rings. The van der Waals surface area contributed by atoms with E-state index in [1.807, 2.05) is 13.0 Å². The summed E-state index contributed by atoms with van der Waals surface area (Å²) in [6, 6.07) is 1.86. The second-order valence-corrected chi connectivity index (χ2v) is 7.17. The molecule has 25 heavy (non-hydrogen) atoms. The van der Waals surface area contributed by atoms with Crippen molar-refractivity contribution in [2.75, 3.05) is 19.6 Å². The minimum absolute atomic E-state index is 0.0817. The van der Waals surface area contributed by atoms with Crippen molar-refractivity contribution in [2.24, 2.45) is 11.8 Å². The van der Waals surface area contributed by atoms with E-state index in [9.17, 15) is 9.59 Å². The molecule has 2 aromatic heterocycles. The maximum atomic E-state index is 12.9. The molecule has 0 bridgehead atoms. The van der Waals surface area contributed by atoms with Gasteiger partial charge in [0.25, 0.3) is 5.91 Å². The summed E-state index contributed by atoms with van der Waals surface area (Å²) in [5, 5.41) is 7.25. The van der Waals surface area contributed by atoms with Crippen molar-refractivity contribution in [3.8, 4) is 0 Å². The van der Waals surface area contributed by atoms with Crippen LogP contribution in [0.25, 0.3) is 5.65 Å². The number of nitrogens with one attached hydrogen (secondary N) is 1. The smallest absolute Gasteiger partial charge is 0.259 e. The Kier molecular flexibility index (Phi) is 4.15. The minimum atomic E-state index is -0.118. The molecule has 3 heterocycles. The number of piperidine rings is 1. The molecule has 2 fully saturated rings. The SMILES string of the molecule is Cc1ccn2ncc(C(=O)N3CCCC(C(=O)NCC4CC4)C3)c2n1. The lowest BCUT2D eigenvalue weighted by Crippen LogP contribution is -2.45. The molecule has 0 radical (unpaired) electrons. The van der Waals surface area contributed by atoms with Crippen LogP contribution in [0.3, 0.4) is 0 Å². The highest BCUT2D eigenvalue weighted by Gasteiger charge is 2.31. The van der Waals surface area contributed by atoms with Gasteiger partial charge in [-0.25, -0.2) is 9.50 Å². The second-order valence-electron chi connectivity index (χ2n) is 7.17. The van der Waals surface area contributed by atoms with Crippen LogP contribution in [0, 0.1) is 18.8 Å². The van der Waals surface area contributed by atoms with Gasteiger partial charge >= 0.3 is 0 Å². The number of aryl methyl sites for hydroxylation is 1. The second kappa shape index (κ2) is 6.46. The summed E-state index contributed by atoms with van der Waals surface area (Å²) < 4.78 is 1.62. The Morgan fingerprint density at radius 3 is 2.96 bits per heavy atom. The Hall–Kier alpha value is -2.44. The van der Waals surface area contributed by atoms with Crippen molar-refractivity contribution in [1.82, 2.24) is 24.8 Å². The van der Waals surface area contributed by atoms with Gasteiger partial charge in [0.15, 0.2) is 5.65 Å². The van der Waals surface area contributed by atoms with Gasteiger partial charge in [-0.05, 0) is 44.6 Å². The predicted molar refractivity (Wildman–Crippen MR) is 92.1 cm³/mol. The molecule has 1 saturated carbocycles. The lowest BCUT2D eigenvalue weighted by Gasteiger charge is -2.31. The van der Waals surface area contributed by atoms with E-state index >= 15 is 0 Å². The van der Waals surface area contributed by atoms with E-state index in [0.717, 1.165) is 25.1 Å². The van der Waals surface area contributed by atoms with Gasteiger partial charge in [-0.15, -0.1) is 0 Å². The summed E-state index contributed by atoms with van der Waals surface area (Å²) in [6.45, 7) is 3.82.